The molecule has 0 saturated heterocycles. The lowest BCUT2D eigenvalue weighted by atomic mass is 10.2. The zero-order valence-corrected chi connectivity index (χ0v) is 11.0. The molecule has 1 heterocycles. The summed E-state index contributed by atoms with van der Waals surface area (Å²) in [5.74, 6) is -1.15. The first-order chi connectivity index (χ1) is 9.95. The van der Waals surface area contributed by atoms with Crippen molar-refractivity contribution in [3.63, 3.8) is 0 Å². The molecule has 0 aliphatic heterocycles. The molecule has 1 aromatic heterocycles. The number of carbonyl (C=O) groups excluding carboxylic acids is 1. The monoisotopic (exact) mass is 290 g/mol. The van der Waals surface area contributed by atoms with Crippen LogP contribution in [0.5, 0.6) is 0 Å². The van der Waals surface area contributed by atoms with Gasteiger partial charge in [-0.25, -0.2) is 4.39 Å². The maximum Gasteiger partial charge on any atom is 0.433 e. The van der Waals surface area contributed by atoms with E-state index in [-0.39, 0.29) is 5.76 Å². The van der Waals surface area contributed by atoms with Gasteiger partial charge in [-0.15, -0.1) is 0 Å². The highest BCUT2D eigenvalue weighted by molar-refractivity contribution is 6.01. The van der Waals surface area contributed by atoms with Gasteiger partial charge in [-0.1, -0.05) is 6.07 Å². The molecule has 0 saturated carbocycles. The van der Waals surface area contributed by atoms with Gasteiger partial charge in [0, 0.05) is 11.8 Å². The standard InChI is InChI=1S/C14H11FN2O4/c1-9-2-3-10(8-12(9)15)16-13(18)6-4-11-5-7-14(21-11)17(19)20/h2-8H,1H3,(H,16,18)/b6-4+. The smallest absolute Gasteiger partial charge is 0.401 e. The predicted octanol–water partition coefficient (Wildman–Crippen LogP) is 3.29. The molecular weight excluding hydrogens is 279 g/mol. The first kappa shape index (κ1) is 14.4. The number of nitro groups is 1. The fourth-order valence-electron chi connectivity index (χ4n) is 1.54. The minimum absolute atomic E-state index is 0.173. The summed E-state index contributed by atoms with van der Waals surface area (Å²) in [6.07, 6.45) is 2.42. The number of amides is 1. The molecule has 0 atom stereocenters. The van der Waals surface area contributed by atoms with Gasteiger partial charge in [0.05, 0.1) is 6.07 Å². The Morgan fingerprint density at radius 1 is 1.38 bits per heavy atom. The van der Waals surface area contributed by atoms with E-state index in [2.05, 4.69) is 5.32 Å². The second kappa shape index (κ2) is 6.00. The zero-order chi connectivity index (χ0) is 15.4. The van der Waals surface area contributed by atoms with E-state index in [0.717, 1.165) is 6.08 Å². The Balaban J connectivity index is 2.01. The van der Waals surface area contributed by atoms with Gasteiger partial charge in [-0.05, 0) is 36.8 Å². The van der Waals surface area contributed by atoms with Crippen molar-refractivity contribution in [3.05, 3.63) is 63.7 Å². The Morgan fingerprint density at radius 3 is 2.76 bits per heavy atom. The summed E-state index contributed by atoms with van der Waals surface area (Å²) in [4.78, 5) is 21.4. The van der Waals surface area contributed by atoms with Crippen LogP contribution < -0.4 is 5.32 Å². The van der Waals surface area contributed by atoms with Gasteiger partial charge in [0.15, 0.2) is 0 Å². The average molecular weight is 290 g/mol. The summed E-state index contributed by atoms with van der Waals surface area (Å²) < 4.78 is 18.2. The quantitative estimate of drug-likeness (QED) is 0.532. The maximum absolute atomic E-state index is 13.3. The molecule has 2 aromatic rings. The molecule has 0 spiro atoms. The van der Waals surface area contributed by atoms with Gasteiger partial charge in [0.2, 0.25) is 5.91 Å². The summed E-state index contributed by atoms with van der Waals surface area (Å²) >= 11 is 0. The first-order valence-electron chi connectivity index (χ1n) is 5.95. The van der Waals surface area contributed by atoms with Crippen LogP contribution in [-0.4, -0.2) is 10.8 Å². The van der Waals surface area contributed by atoms with Crippen LogP contribution in [0.15, 0.2) is 40.8 Å². The van der Waals surface area contributed by atoms with E-state index in [1.54, 1.807) is 19.1 Å². The fourth-order valence-corrected chi connectivity index (χ4v) is 1.54. The van der Waals surface area contributed by atoms with Gasteiger partial charge in [-0.2, -0.15) is 0 Å². The van der Waals surface area contributed by atoms with Crippen LogP contribution in [0.2, 0.25) is 0 Å². The van der Waals surface area contributed by atoms with E-state index in [4.69, 9.17) is 4.42 Å². The first-order valence-corrected chi connectivity index (χ1v) is 5.95. The molecule has 21 heavy (non-hydrogen) atoms. The summed E-state index contributed by atoms with van der Waals surface area (Å²) in [5, 5.41) is 12.9. The number of nitrogens with one attached hydrogen (secondary N) is 1. The summed E-state index contributed by atoms with van der Waals surface area (Å²) in [5.41, 5.74) is 0.796. The molecular formula is C14H11FN2O4. The summed E-state index contributed by atoms with van der Waals surface area (Å²) in [7, 11) is 0. The number of halogens is 1. The third-order valence-corrected chi connectivity index (χ3v) is 2.63. The Bertz CT molecular complexity index is 722. The van der Waals surface area contributed by atoms with E-state index in [9.17, 15) is 19.3 Å². The minimum Gasteiger partial charge on any atom is -0.401 e. The largest absolute Gasteiger partial charge is 0.433 e. The summed E-state index contributed by atoms with van der Waals surface area (Å²) in [6.45, 7) is 1.62. The summed E-state index contributed by atoms with van der Waals surface area (Å²) in [6, 6.07) is 6.88. The van der Waals surface area contributed by atoms with Crippen molar-refractivity contribution in [3.8, 4) is 0 Å². The topological polar surface area (TPSA) is 85.4 Å². The molecule has 0 unspecified atom stereocenters. The molecule has 2 rings (SSSR count). The molecule has 1 aromatic carbocycles. The number of aryl methyl sites for hydroxylation is 1. The average Bonchev–Trinajstić information content (AvgIpc) is 2.90. The van der Waals surface area contributed by atoms with Gasteiger partial charge >= 0.3 is 5.88 Å². The highest BCUT2D eigenvalue weighted by Crippen LogP contribution is 2.17. The van der Waals surface area contributed by atoms with Crippen LogP contribution in [0.3, 0.4) is 0 Å². The van der Waals surface area contributed by atoms with Gasteiger partial charge < -0.3 is 9.73 Å². The Kier molecular flexibility index (Phi) is 4.13. The number of anilines is 1. The van der Waals surface area contributed by atoms with E-state index in [1.807, 2.05) is 0 Å². The van der Waals surface area contributed by atoms with E-state index in [1.165, 1.54) is 24.3 Å². The van der Waals surface area contributed by atoms with Gasteiger partial charge in [0.25, 0.3) is 0 Å². The van der Waals surface area contributed by atoms with Crippen LogP contribution in [0.4, 0.5) is 16.0 Å². The number of furan rings is 1. The lowest BCUT2D eigenvalue weighted by Crippen LogP contribution is -2.07. The molecule has 0 bridgehead atoms. The van der Waals surface area contributed by atoms with E-state index < -0.39 is 22.5 Å². The molecule has 0 fully saturated rings. The molecule has 0 aliphatic carbocycles. The molecule has 0 aliphatic rings. The number of hydrogen-bond acceptors (Lipinski definition) is 4. The van der Waals surface area contributed by atoms with Crippen LogP contribution in [0.25, 0.3) is 6.08 Å². The van der Waals surface area contributed by atoms with Crippen LogP contribution in [0, 0.1) is 22.9 Å². The highest BCUT2D eigenvalue weighted by atomic mass is 19.1. The highest BCUT2D eigenvalue weighted by Gasteiger charge is 2.10. The van der Waals surface area contributed by atoms with Crippen molar-refractivity contribution in [2.75, 3.05) is 5.32 Å². The lowest BCUT2D eigenvalue weighted by molar-refractivity contribution is -0.402. The van der Waals surface area contributed by atoms with Gasteiger partial charge in [0.1, 0.15) is 16.5 Å². The van der Waals surface area contributed by atoms with Crippen LogP contribution in [0.1, 0.15) is 11.3 Å². The number of nitrogens with zero attached hydrogens (tertiary/aromatic N) is 1. The molecule has 1 N–H and O–H groups in total. The Labute approximate surface area is 119 Å². The van der Waals surface area contributed by atoms with Crippen molar-refractivity contribution >= 4 is 23.6 Å². The Hall–Kier alpha value is -2.96. The predicted molar refractivity (Wildman–Crippen MR) is 74.2 cm³/mol. The number of carbonyl (C=O) groups is 1. The zero-order valence-electron chi connectivity index (χ0n) is 11.0. The SMILES string of the molecule is Cc1ccc(NC(=O)/C=C/c2ccc([N+](=O)[O-])o2)cc1F. The number of benzene rings is 1. The Morgan fingerprint density at radius 2 is 2.14 bits per heavy atom. The molecule has 6 nitrogen and oxygen atoms in total. The fraction of sp³-hybridized carbons (Fsp3) is 0.0714. The molecule has 7 heteroatoms. The molecule has 0 radical (unpaired) electrons. The lowest BCUT2D eigenvalue weighted by Gasteiger charge is -2.03. The van der Waals surface area contributed by atoms with Crippen molar-refractivity contribution in [2.45, 2.75) is 6.92 Å². The molecule has 1 amide bonds. The third kappa shape index (κ3) is 3.75. The van der Waals surface area contributed by atoms with Crippen LogP contribution in [-0.2, 0) is 4.79 Å². The maximum atomic E-state index is 13.3. The normalized spacial score (nSPS) is 10.8. The second-order valence-corrected chi connectivity index (χ2v) is 4.22. The van der Waals surface area contributed by atoms with E-state index >= 15 is 0 Å². The molecule has 108 valence electrons. The van der Waals surface area contributed by atoms with Crippen molar-refractivity contribution in [2.24, 2.45) is 0 Å². The van der Waals surface area contributed by atoms with E-state index in [0.29, 0.717) is 11.3 Å². The van der Waals surface area contributed by atoms with Crippen LogP contribution >= 0.6 is 0 Å². The van der Waals surface area contributed by atoms with Crippen molar-refractivity contribution < 1.29 is 18.5 Å². The van der Waals surface area contributed by atoms with Crippen molar-refractivity contribution in [1.82, 2.24) is 0 Å². The second-order valence-electron chi connectivity index (χ2n) is 4.22. The van der Waals surface area contributed by atoms with Gasteiger partial charge in [-0.3, -0.25) is 14.9 Å². The number of hydrogen-bond donors (Lipinski definition) is 1. The number of rotatable bonds is 4. The minimum atomic E-state index is -0.674. The van der Waals surface area contributed by atoms with Crippen molar-refractivity contribution in [1.29, 1.82) is 0 Å². The third-order valence-electron chi connectivity index (χ3n) is 2.63.